The molecule has 10 heteroatoms. The summed E-state index contributed by atoms with van der Waals surface area (Å²) in [5, 5.41) is 8.22. The summed E-state index contributed by atoms with van der Waals surface area (Å²) < 4.78 is 43.7. The first-order valence-electron chi connectivity index (χ1n) is 9.77. The molecule has 0 atom stereocenters. The third-order valence-electron chi connectivity index (χ3n) is 4.66. The third-order valence-corrected chi connectivity index (χ3v) is 4.66. The number of aryl methyl sites for hydroxylation is 1. The lowest BCUT2D eigenvalue weighted by Crippen LogP contribution is -2.19. The topological polar surface area (TPSA) is 92.1 Å². The van der Waals surface area contributed by atoms with E-state index in [4.69, 9.17) is 4.42 Å². The molecule has 2 heterocycles. The third kappa shape index (κ3) is 5.48. The van der Waals surface area contributed by atoms with Gasteiger partial charge >= 0.3 is 12.2 Å². The van der Waals surface area contributed by atoms with Crippen LogP contribution in [0, 0.1) is 6.92 Å². The van der Waals surface area contributed by atoms with Gasteiger partial charge in [0.2, 0.25) is 0 Å². The van der Waals surface area contributed by atoms with E-state index in [2.05, 4.69) is 25.9 Å². The molecule has 168 valence electrons. The number of carbonyl (C=O) groups excluding carboxylic acids is 1. The Bertz CT molecular complexity index is 1260. The van der Waals surface area contributed by atoms with Crippen LogP contribution in [0.25, 0.3) is 11.3 Å². The summed E-state index contributed by atoms with van der Waals surface area (Å²) in [6.45, 7) is 1.87. The first kappa shape index (κ1) is 21.9. The van der Waals surface area contributed by atoms with Crippen LogP contribution in [0.2, 0.25) is 0 Å². The van der Waals surface area contributed by atoms with Crippen LogP contribution >= 0.6 is 0 Å². The number of benzene rings is 2. The monoisotopic (exact) mass is 453 g/mol. The van der Waals surface area contributed by atoms with Crippen molar-refractivity contribution >= 4 is 29.1 Å². The largest absolute Gasteiger partial charge is 0.423 e. The lowest BCUT2D eigenvalue weighted by atomic mass is 10.2. The van der Waals surface area contributed by atoms with Crippen molar-refractivity contribution in [1.82, 2.24) is 9.97 Å². The predicted molar refractivity (Wildman–Crippen MR) is 118 cm³/mol. The van der Waals surface area contributed by atoms with Gasteiger partial charge in [-0.2, -0.15) is 13.2 Å². The van der Waals surface area contributed by atoms with E-state index in [0.717, 1.165) is 23.3 Å². The highest BCUT2D eigenvalue weighted by Crippen LogP contribution is 2.30. The highest BCUT2D eigenvalue weighted by Gasteiger charge is 2.30. The Morgan fingerprint density at radius 2 is 1.70 bits per heavy atom. The number of pyridine rings is 1. The van der Waals surface area contributed by atoms with Gasteiger partial charge in [-0.15, -0.1) is 0 Å². The molecule has 2 aromatic heterocycles. The molecular weight excluding hydrogens is 435 g/mol. The summed E-state index contributed by atoms with van der Waals surface area (Å²) in [6.07, 6.45) is 0.464. The zero-order valence-electron chi connectivity index (χ0n) is 17.3. The van der Waals surface area contributed by atoms with Gasteiger partial charge in [0.25, 0.3) is 6.01 Å². The Balaban J connectivity index is 1.42. The van der Waals surface area contributed by atoms with Gasteiger partial charge in [0.05, 0.1) is 11.8 Å². The number of nitrogens with one attached hydrogen (secondary N) is 3. The van der Waals surface area contributed by atoms with Crippen molar-refractivity contribution in [2.45, 2.75) is 13.1 Å². The molecule has 4 aromatic rings. The fourth-order valence-corrected chi connectivity index (χ4v) is 2.96. The summed E-state index contributed by atoms with van der Waals surface area (Å²) in [6, 6.07) is 12.7. The van der Waals surface area contributed by atoms with Gasteiger partial charge in [-0.1, -0.05) is 6.07 Å². The molecule has 3 N–H and O–H groups in total. The summed E-state index contributed by atoms with van der Waals surface area (Å²) >= 11 is 0. The van der Waals surface area contributed by atoms with Gasteiger partial charge in [-0.05, 0) is 61.0 Å². The first-order valence-corrected chi connectivity index (χ1v) is 9.77. The molecule has 2 aromatic carbocycles. The average Bonchev–Trinajstić information content (AvgIpc) is 3.25. The molecule has 0 bridgehead atoms. The fraction of sp³-hybridized carbons (Fsp3) is 0.0870. The molecule has 0 radical (unpaired) electrons. The number of hydrogen-bond acceptors (Lipinski definition) is 5. The number of halogens is 3. The average molecular weight is 453 g/mol. The van der Waals surface area contributed by atoms with Crippen LogP contribution in [0.1, 0.15) is 11.1 Å². The molecule has 0 saturated carbocycles. The van der Waals surface area contributed by atoms with Gasteiger partial charge < -0.3 is 20.4 Å². The highest BCUT2D eigenvalue weighted by molar-refractivity contribution is 6.00. The van der Waals surface area contributed by atoms with Gasteiger partial charge in [0, 0.05) is 35.0 Å². The number of hydrogen-bond donors (Lipinski definition) is 3. The maximum absolute atomic E-state index is 12.7. The first-order chi connectivity index (χ1) is 15.8. The van der Waals surface area contributed by atoms with Crippen molar-refractivity contribution in [3.05, 3.63) is 84.3 Å². The molecule has 7 nitrogen and oxygen atoms in total. The van der Waals surface area contributed by atoms with Gasteiger partial charge in [-0.3, -0.25) is 4.98 Å². The van der Waals surface area contributed by atoms with Crippen molar-refractivity contribution in [2.75, 3.05) is 16.0 Å². The number of urea groups is 1. The quantitative estimate of drug-likeness (QED) is 0.323. The molecule has 0 aliphatic heterocycles. The number of oxazole rings is 1. The molecule has 33 heavy (non-hydrogen) atoms. The lowest BCUT2D eigenvalue weighted by Gasteiger charge is -2.12. The zero-order chi connectivity index (χ0) is 23.4. The van der Waals surface area contributed by atoms with E-state index in [1.54, 1.807) is 42.9 Å². The molecule has 0 aliphatic rings. The Labute approximate surface area is 186 Å². The number of amides is 2. The van der Waals surface area contributed by atoms with Crippen molar-refractivity contribution in [2.24, 2.45) is 0 Å². The van der Waals surface area contributed by atoms with Crippen molar-refractivity contribution < 1.29 is 22.4 Å². The van der Waals surface area contributed by atoms with Crippen molar-refractivity contribution in [3.8, 4) is 11.3 Å². The van der Waals surface area contributed by atoms with Crippen LogP contribution in [-0.4, -0.2) is 16.0 Å². The van der Waals surface area contributed by atoms with Crippen molar-refractivity contribution in [3.63, 3.8) is 0 Å². The normalized spacial score (nSPS) is 11.2. The summed E-state index contributed by atoms with van der Waals surface area (Å²) in [5.74, 6) is 0.549. The minimum Gasteiger partial charge on any atom is -0.423 e. The second-order valence-corrected chi connectivity index (χ2v) is 7.08. The van der Waals surface area contributed by atoms with E-state index in [9.17, 15) is 18.0 Å². The Morgan fingerprint density at radius 3 is 2.39 bits per heavy atom. The second-order valence-electron chi connectivity index (χ2n) is 7.08. The van der Waals surface area contributed by atoms with Crippen LogP contribution < -0.4 is 16.0 Å². The molecule has 4 rings (SSSR count). The molecule has 0 fully saturated rings. The van der Waals surface area contributed by atoms with Crippen LogP contribution in [0.3, 0.4) is 0 Å². The number of anilines is 4. The van der Waals surface area contributed by atoms with E-state index in [-0.39, 0.29) is 11.7 Å². The standard InChI is InChI=1S/C23H18F3N5O2/c1-14-4-7-18(30-21(32)29-17-8-5-16(6-9-17)23(24,25)26)11-19(14)31-22-28-13-20(33-22)15-3-2-10-27-12-15/h2-13H,1H3,(H,28,31)(H2,29,30,32). The molecule has 0 spiro atoms. The number of aromatic nitrogens is 2. The summed E-state index contributed by atoms with van der Waals surface area (Å²) in [5.41, 5.74) is 2.22. The van der Waals surface area contributed by atoms with E-state index in [1.165, 1.54) is 12.1 Å². The molecule has 0 unspecified atom stereocenters. The minimum absolute atomic E-state index is 0.230. The predicted octanol–water partition coefficient (Wildman–Crippen LogP) is 6.45. The highest BCUT2D eigenvalue weighted by atomic mass is 19.4. The van der Waals surface area contributed by atoms with Crippen LogP contribution in [-0.2, 0) is 6.18 Å². The van der Waals surface area contributed by atoms with Crippen LogP contribution in [0.5, 0.6) is 0 Å². The number of carbonyl (C=O) groups is 1. The Morgan fingerprint density at radius 1 is 0.970 bits per heavy atom. The maximum atomic E-state index is 12.7. The van der Waals surface area contributed by atoms with E-state index < -0.39 is 17.8 Å². The number of nitrogens with zero attached hydrogens (tertiary/aromatic N) is 2. The number of rotatable bonds is 5. The van der Waals surface area contributed by atoms with Crippen LogP contribution in [0.15, 0.2) is 77.6 Å². The number of alkyl halides is 3. The fourth-order valence-electron chi connectivity index (χ4n) is 2.96. The molecule has 0 saturated heterocycles. The van der Waals surface area contributed by atoms with Gasteiger partial charge in [0.15, 0.2) is 5.76 Å². The van der Waals surface area contributed by atoms with E-state index in [1.807, 2.05) is 13.0 Å². The smallest absolute Gasteiger partial charge is 0.416 e. The molecule has 0 aliphatic carbocycles. The lowest BCUT2D eigenvalue weighted by molar-refractivity contribution is -0.137. The summed E-state index contributed by atoms with van der Waals surface area (Å²) in [7, 11) is 0. The Kier molecular flexibility index (Phi) is 5.99. The zero-order valence-corrected chi connectivity index (χ0v) is 17.3. The molecule has 2 amide bonds. The SMILES string of the molecule is Cc1ccc(NC(=O)Nc2ccc(C(F)(F)F)cc2)cc1Nc1ncc(-c2cccnc2)o1. The second kappa shape index (κ2) is 9.03. The minimum atomic E-state index is -4.44. The maximum Gasteiger partial charge on any atom is 0.416 e. The Hall–Kier alpha value is -4.34. The van der Waals surface area contributed by atoms with Crippen molar-refractivity contribution in [1.29, 1.82) is 0 Å². The van der Waals surface area contributed by atoms with E-state index in [0.29, 0.717) is 17.1 Å². The van der Waals surface area contributed by atoms with Gasteiger partial charge in [-0.25, -0.2) is 9.78 Å². The summed E-state index contributed by atoms with van der Waals surface area (Å²) in [4.78, 5) is 20.5. The van der Waals surface area contributed by atoms with E-state index >= 15 is 0 Å². The van der Waals surface area contributed by atoms with Gasteiger partial charge in [0.1, 0.15) is 0 Å². The van der Waals surface area contributed by atoms with Crippen LogP contribution in [0.4, 0.5) is 41.0 Å². The molecular formula is C23H18F3N5O2.